The van der Waals surface area contributed by atoms with E-state index < -0.39 is 0 Å². The SMILES string of the molecule is CC(NC(=O)N1CCc2sccc2C1c1ccccc1)c1ccc(F)cc1. The summed E-state index contributed by atoms with van der Waals surface area (Å²) < 4.78 is 13.2. The number of benzene rings is 2. The van der Waals surface area contributed by atoms with Crippen LogP contribution in [0, 0.1) is 5.82 Å². The van der Waals surface area contributed by atoms with Crippen molar-refractivity contribution in [1.82, 2.24) is 10.2 Å². The van der Waals surface area contributed by atoms with Crippen molar-refractivity contribution >= 4 is 17.4 Å². The molecule has 4 rings (SSSR count). The number of carbonyl (C=O) groups excluding carboxylic acids is 1. The average molecular weight is 380 g/mol. The summed E-state index contributed by atoms with van der Waals surface area (Å²) in [5, 5.41) is 5.18. The van der Waals surface area contributed by atoms with Crippen LogP contribution >= 0.6 is 11.3 Å². The van der Waals surface area contributed by atoms with Crippen LogP contribution in [0.3, 0.4) is 0 Å². The van der Waals surface area contributed by atoms with Crippen LogP contribution in [0.5, 0.6) is 0 Å². The van der Waals surface area contributed by atoms with Gasteiger partial charge in [-0.15, -0.1) is 11.3 Å². The minimum atomic E-state index is -0.276. The van der Waals surface area contributed by atoms with Crippen LogP contribution in [0.2, 0.25) is 0 Å². The van der Waals surface area contributed by atoms with Gasteiger partial charge in [-0.1, -0.05) is 42.5 Å². The zero-order valence-corrected chi connectivity index (χ0v) is 15.9. The van der Waals surface area contributed by atoms with Crippen molar-refractivity contribution in [1.29, 1.82) is 0 Å². The van der Waals surface area contributed by atoms with Crippen molar-refractivity contribution in [2.75, 3.05) is 6.54 Å². The topological polar surface area (TPSA) is 32.3 Å². The van der Waals surface area contributed by atoms with Gasteiger partial charge in [0.2, 0.25) is 0 Å². The highest BCUT2D eigenvalue weighted by Crippen LogP contribution is 2.37. The Bertz CT molecular complexity index is 923. The van der Waals surface area contributed by atoms with Gasteiger partial charge in [0, 0.05) is 11.4 Å². The van der Waals surface area contributed by atoms with Crippen molar-refractivity contribution in [3.8, 4) is 0 Å². The normalized spacial score (nSPS) is 17.3. The molecule has 0 saturated heterocycles. The van der Waals surface area contributed by atoms with Gasteiger partial charge in [-0.3, -0.25) is 0 Å². The Labute approximate surface area is 162 Å². The molecular weight excluding hydrogens is 359 g/mol. The van der Waals surface area contributed by atoms with Gasteiger partial charge in [0.05, 0.1) is 12.1 Å². The molecule has 2 amide bonds. The minimum absolute atomic E-state index is 0.0818. The third-order valence-corrected chi connectivity index (χ3v) is 6.05. The Kier molecular flexibility index (Phi) is 4.94. The fourth-order valence-electron chi connectivity index (χ4n) is 3.63. The molecule has 27 heavy (non-hydrogen) atoms. The van der Waals surface area contributed by atoms with Crippen LogP contribution in [0.15, 0.2) is 66.0 Å². The fourth-order valence-corrected chi connectivity index (χ4v) is 4.54. The number of rotatable bonds is 3. The lowest BCUT2D eigenvalue weighted by molar-refractivity contribution is 0.177. The van der Waals surface area contributed by atoms with Gasteiger partial charge in [-0.25, -0.2) is 9.18 Å². The summed E-state index contributed by atoms with van der Waals surface area (Å²) in [5.41, 5.74) is 3.21. The van der Waals surface area contributed by atoms with Gasteiger partial charge in [-0.05, 0) is 53.6 Å². The lowest BCUT2D eigenvalue weighted by Crippen LogP contribution is -2.46. The predicted molar refractivity (Wildman–Crippen MR) is 106 cm³/mol. The summed E-state index contributed by atoms with van der Waals surface area (Å²) in [6.07, 6.45) is 0.870. The zero-order chi connectivity index (χ0) is 18.8. The molecule has 0 fully saturated rings. The molecule has 1 aliphatic heterocycles. The Balaban J connectivity index is 1.59. The number of hydrogen-bond acceptors (Lipinski definition) is 2. The van der Waals surface area contributed by atoms with E-state index in [1.54, 1.807) is 23.5 Å². The molecule has 0 aliphatic carbocycles. The highest BCUT2D eigenvalue weighted by molar-refractivity contribution is 7.10. The van der Waals surface area contributed by atoms with Crippen LogP contribution in [-0.2, 0) is 6.42 Å². The maximum absolute atomic E-state index is 13.2. The number of fused-ring (bicyclic) bond motifs is 1. The van der Waals surface area contributed by atoms with E-state index in [1.165, 1.54) is 22.6 Å². The smallest absolute Gasteiger partial charge is 0.318 e. The Morgan fingerprint density at radius 3 is 2.63 bits per heavy atom. The standard InChI is InChI=1S/C22H21FN2OS/c1-15(16-7-9-18(23)10-8-16)24-22(26)25-13-11-20-19(12-14-27-20)21(25)17-5-3-2-4-6-17/h2-10,12,14-15,21H,11,13H2,1H3,(H,24,26). The summed E-state index contributed by atoms with van der Waals surface area (Å²) >= 11 is 1.76. The molecular formula is C22H21FN2OS. The lowest BCUT2D eigenvalue weighted by atomic mass is 9.93. The number of nitrogens with one attached hydrogen (secondary N) is 1. The molecule has 2 aromatic carbocycles. The van der Waals surface area contributed by atoms with Crippen LogP contribution in [0.4, 0.5) is 9.18 Å². The van der Waals surface area contributed by atoms with E-state index in [4.69, 9.17) is 0 Å². The first-order chi connectivity index (χ1) is 13.1. The van der Waals surface area contributed by atoms with Crippen LogP contribution in [0.25, 0.3) is 0 Å². The van der Waals surface area contributed by atoms with E-state index in [9.17, 15) is 9.18 Å². The van der Waals surface area contributed by atoms with E-state index in [0.717, 1.165) is 17.5 Å². The van der Waals surface area contributed by atoms with Crippen LogP contribution in [-0.4, -0.2) is 17.5 Å². The summed E-state index contributed by atoms with van der Waals surface area (Å²) in [6, 6.07) is 18.2. The Hall–Kier alpha value is -2.66. The summed E-state index contributed by atoms with van der Waals surface area (Å²) in [7, 11) is 0. The number of halogens is 1. The molecule has 3 nitrogen and oxygen atoms in total. The maximum Gasteiger partial charge on any atom is 0.318 e. The fraction of sp³-hybridized carbons (Fsp3) is 0.227. The number of carbonyl (C=O) groups is 1. The summed E-state index contributed by atoms with van der Waals surface area (Å²) in [4.78, 5) is 16.4. The Morgan fingerprint density at radius 2 is 1.89 bits per heavy atom. The van der Waals surface area contributed by atoms with Crippen molar-refractivity contribution in [3.63, 3.8) is 0 Å². The van der Waals surface area contributed by atoms with Crippen molar-refractivity contribution in [2.24, 2.45) is 0 Å². The largest absolute Gasteiger partial charge is 0.331 e. The maximum atomic E-state index is 13.2. The summed E-state index contributed by atoms with van der Waals surface area (Å²) in [5.74, 6) is -0.276. The van der Waals surface area contributed by atoms with E-state index in [2.05, 4.69) is 28.9 Å². The van der Waals surface area contributed by atoms with Crippen molar-refractivity contribution < 1.29 is 9.18 Å². The molecule has 1 N–H and O–H groups in total. The van der Waals surface area contributed by atoms with E-state index in [0.29, 0.717) is 6.54 Å². The molecule has 2 unspecified atom stereocenters. The third-order valence-electron chi connectivity index (χ3n) is 5.05. The monoisotopic (exact) mass is 380 g/mol. The van der Waals surface area contributed by atoms with Gasteiger partial charge < -0.3 is 10.2 Å². The highest BCUT2D eigenvalue weighted by atomic mass is 32.1. The lowest BCUT2D eigenvalue weighted by Gasteiger charge is -2.37. The molecule has 1 aromatic heterocycles. The van der Waals surface area contributed by atoms with Gasteiger partial charge in [0.1, 0.15) is 5.82 Å². The number of hydrogen-bond donors (Lipinski definition) is 1. The van der Waals surface area contributed by atoms with Crippen molar-refractivity contribution in [3.05, 3.63) is 93.4 Å². The molecule has 2 heterocycles. The average Bonchev–Trinajstić information content (AvgIpc) is 3.17. The van der Waals surface area contributed by atoms with Gasteiger partial charge in [-0.2, -0.15) is 0 Å². The zero-order valence-electron chi connectivity index (χ0n) is 15.1. The molecule has 0 bridgehead atoms. The first kappa shape index (κ1) is 17.7. The molecule has 1 aliphatic rings. The van der Waals surface area contributed by atoms with E-state index in [1.807, 2.05) is 30.0 Å². The van der Waals surface area contributed by atoms with Gasteiger partial charge in [0.25, 0.3) is 0 Å². The molecule has 0 saturated carbocycles. The first-order valence-corrected chi connectivity index (χ1v) is 9.95. The van der Waals surface area contributed by atoms with Gasteiger partial charge in [0.15, 0.2) is 0 Å². The second kappa shape index (κ2) is 7.53. The Morgan fingerprint density at radius 1 is 1.15 bits per heavy atom. The summed E-state index contributed by atoms with van der Waals surface area (Å²) in [6.45, 7) is 2.59. The number of thiophene rings is 1. The minimum Gasteiger partial charge on any atom is -0.331 e. The van der Waals surface area contributed by atoms with Gasteiger partial charge >= 0.3 is 6.03 Å². The number of nitrogens with zero attached hydrogens (tertiary/aromatic N) is 1. The molecule has 0 radical (unpaired) electrons. The second-order valence-electron chi connectivity index (χ2n) is 6.78. The van der Waals surface area contributed by atoms with Crippen LogP contribution < -0.4 is 5.32 Å². The molecule has 0 spiro atoms. The molecule has 138 valence electrons. The molecule has 5 heteroatoms. The van der Waals surface area contributed by atoms with E-state index >= 15 is 0 Å². The molecule has 2 atom stereocenters. The molecule has 3 aromatic rings. The van der Waals surface area contributed by atoms with Crippen LogP contribution in [0.1, 0.15) is 40.6 Å². The van der Waals surface area contributed by atoms with E-state index in [-0.39, 0.29) is 23.9 Å². The number of amides is 2. The predicted octanol–water partition coefficient (Wildman–Crippen LogP) is 5.31. The quantitative estimate of drug-likeness (QED) is 0.656. The van der Waals surface area contributed by atoms with Crippen molar-refractivity contribution in [2.45, 2.75) is 25.4 Å². The first-order valence-electron chi connectivity index (χ1n) is 9.07. The number of urea groups is 1. The highest BCUT2D eigenvalue weighted by Gasteiger charge is 2.33. The third kappa shape index (κ3) is 3.60. The second-order valence-corrected chi connectivity index (χ2v) is 7.78.